The quantitative estimate of drug-likeness (QED) is 0.292. The van der Waals surface area contributed by atoms with E-state index in [9.17, 15) is 14.0 Å². The normalized spacial score (nSPS) is 14.9. The fourth-order valence-electron chi connectivity index (χ4n) is 3.75. The van der Waals surface area contributed by atoms with Crippen molar-refractivity contribution in [1.29, 1.82) is 0 Å². The van der Waals surface area contributed by atoms with E-state index in [-0.39, 0.29) is 23.5 Å². The van der Waals surface area contributed by atoms with E-state index in [0.29, 0.717) is 17.3 Å². The number of carbonyl (C=O) groups is 2. The van der Waals surface area contributed by atoms with Crippen molar-refractivity contribution in [2.24, 2.45) is 0 Å². The number of amides is 2. The molecule has 0 unspecified atom stereocenters. The van der Waals surface area contributed by atoms with Crippen LogP contribution in [0.2, 0.25) is 0 Å². The van der Waals surface area contributed by atoms with Crippen molar-refractivity contribution in [3.8, 4) is 5.75 Å². The largest absolute Gasteiger partial charge is 0.489 e. The smallest absolute Gasteiger partial charge is 0.293 e. The lowest BCUT2D eigenvalue weighted by Crippen LogP contribution is -2.27. The van der Waals surface area contributed by atoms with E-state index in [2.05, 4.69) is 0 Å². The van der Waals surface area contributed by atoms with E-state index in [1.165, 1.54) is 17.0 Å². The van der Waals surface area contributed by atoms with Crippen LogP contribution in [0.4, 0.5) is 9.18 Å². The summed E-state index contributed by atoms with van der Waals surface area (Å²) in [5, 5.41) is 1.90. The average molecular weight is 470 g/mol. The third-order valence-corrected chi connectivity index (χ3v) is 6.41. The van der Waals surface area contributed by atoms with Gasteiger partial charge in [0.2, 0.25) is 0 Å². The summed E-state index contributed by atoms with van der Waals surface area (Å²) in [7, 11) is 0. The second-order valence-electron chi connectivity index (χ2n) is 7.94. The second kappa shape index (κ2) is 9.53. The highest BCUT2D eigenvalue weighted by Gasteiger charge is 2.35. The van der Waals surface area contributed by atoms with E-state index in [1.54, 1.807) is 24.3 Å². The third-order valence-electron chi connectivity index (χ3n) is 5.50. The van der Waals surface area contributed by atoms with Gasteiger partial charge in [-0.2, -0.15) is 0 Å². The molecule has 0 atom stereocenters. The van der Waals surface area contributed by atoms with Gasteiger partial charge in [0.05, 0.1) is 11.4 Å². The molecule has 0 aliphatic carbocycles. The summed E-state index contributed by atoms with van der Waals surface area (Å²) in [6.07, 6.45) is 1.70. The predicted octanol–water partition coefficient (Wildman–Crippen LogP) is 6.79. The molecule has 1 saturated heterocycles. The van der Waals surface area contributed by atoms with Gasteiger partial charge in [0.15, 0.2) is 0 Å². The highest BCUT2D eigenvalue weighted by Crippen LogP contribution is 2.34. The van der Waals surface area contributed by atoms with Crippen LogP contribution in [-0.2, 0) is 17.9 Å². The van der Waals surface area contributed by atoms with Crippen LogP contribution in [0.3, 0.4) is 0 Å². The SMILES string of the molecule is O=C1S/C(=C\c2cccc(OCc3ccc(F)cc3)c2)C(=O)N1Cc1ccc2ccccc2c1. The van der Waals surface area contributed by atoms with Crippen LogP contribution < -0.4 is 4.74 Å². The monoisotopic (exact) mass is 469 g/mol. The summed E-state index contributed by atoms with van der Waals surface area (Å²) in [5.74, 6) is 0.0227. The van der Waals surface area contributed by atoms with E-state index in [4.69, 9.17) is 4.74 Å². The molecule has 0 bridgehead atoms. The Bertz CT molecular complexity index is 1410. The minimum Gasteiger partial charge on any atom is -0.489 e. The van der Waals surface area contributed by atoms with Gasteiger partial charge in [-0.3, -0.25) is 14.5 Å². The van der Waals surface area contributed by atoms with Crippen molar-refractivity contribution >= 4 is 39.8 Å². The first-order chi connectivity index (χ1) is 16.5. The first kappa shape index (κ1) is 21.9. The van der Waals surface area contributed by atoms with Crippen molar-refractivity contribution in [2.45, 2.75) is 13.2 Å². The first-order valence-electron chi connectivity index (χ1n) is 10.8. The lowest BCUT2D eigenvalue weighted by atomic mass is 10.1. The van der Waals surface area contributed by atoms with Crippen molar-refractivity contribution in [1.82, 2.24) is 4.90 Å². The lowest BCUT2D eigenvalue weighted by Gasteiger charge is -2.13. The predicted molar refractivity (Wildman–Crippen MR) is 133 cm³/mol. The van der Waals surface area contributed by atoms with E-state index < -0.39 is 0 Å². The van der Waals surface area contributed by atoms with Crippen LogP contribution in [-0.4, -0.2) is 16.0 Å². The Morgan fingerprint density at radius 2 is 1.59 bits per heavy atom. The van der Waals surface area contributed by atoms with E-state index >= 15 is 0 Å². The fraction of sp³-hybridized carbons (Fsp3) is 0.0714. The van der Waals surface area contributed by atoms with Crippen molar-refractivity contribution in [2.75, 3.05) is 0 Å². The van der Waals surface area contributed by atoms with E-state index in [1.807, 2.05) is 60.7 Å². The molecule has 168 valence electrons. The van der Waals surface area contributed by atoms with Gasteiger partial charge in [-0.1, -0.05) is 60.7 Å². The standard InChI is InChI=1S/C28H20FNO3S/c29-24-12-9-19(10-13-24)18-33-25-7-3-4-20(15-25)16-26-27(31)30(28(32)34-26)17-21-8-11-22-5-1-2-6-23(22)14-21/h1-16H,17-18H2/b26-16-. The van der Waals surface area contributed by atoms with Crippen LogP contribution in [0.25, 0.3) is 16.8 Å². The second-order valence-corrected chi connectivity index (χ2v) is 8.93. The summed E-state index contributed by atoms with van der Waals surface area (Å²) in [4.78, 5) is 27.2. The number of imide groups is 1. The van der Waals surface area contributed by atoms with Gasteiger partial charge < -0.3 is 4.74 Å². The van der Waals surface area contributed by atoms with Gasteiger partial charge >= 0.3 is 0 Å². The summed E-state index contributed by atoms with van der Waals surface area (Å²) in [6.45, 7) is 0.527. The van der Waals surface area contributed by atoms with Crippen LogP contribution >= 0.6 is 11.8 Å². The van der Waals surface area contributed by atoms with Crippen LogP contribution in [0.15, 0.2) is 95.9 Å². The lowest BCUT2D eigenvalue weighted by molar-refractivity contribution is -0.123. The molecular weight excluding hydrogens is 449 g/mol. The van der Waals surface area contributed by atoms with Gasteiger partial charge in [0.25, 0.3) is 11.1 Å². The Morgan fingerprint density at radius 1 is 0.824 bits per heavy atom. The van der Waals surface area contributed by atoms with Gasteiger partial charge in [-0.25, -0.2) is 4.39 Å². The fourth-order valence-corrected chi connectivity index (χ4v) is 4.59. The molecule has 0 aromatic heterocycles. The van der Waals surface area contributed by atoms with Crippen molar-refractivity contribution in [3.05, 3.63) is 118 Å². The van der Waals surface area contributed by atoms with Gasteiger partial charge in [0, 0.05) is 0 Å². The highest BCUT2D eigenvalue weighted by molar-refractivity contribution is 8.18. The Morgan fingerprint density at radius 3 is 2.41 bits per heavy atom. The molecule has 34 heavy (non-hydrogen) atoms. The third kappa shape index (κ3) is 4.87. The average Bonchev–Trinajstić information content (AvgIpc) is 3.11. The molecule has 1 aliphatic rings. The molecule has 5 rings (SSSR count). The van der Waals surface area contributed by atoms with Crippen LogP contribution in [0.1, 0.15) is 16.7 Å². The number of rotatable bonds is 6. The number of nitrogens with zero attached hydrogens (tertiary/aromatic N) is 1. The molecule has 2 amide bonds. The zero-order valence-electron chi connectivity index (χ0n) is 18.1. The number of benzene rings is 4. The highest BCUT2D eigenvalue weighted by atomic mass is 32.2. The Kier molecular flexibility index (Phi) is 6.14. The molecule has 0 N–H and O–H groups in total. The molecule has 4 aromatic rings. The number of ether oxygens (including phenoxy) is 1. The van der Waals surface area contributed by atoms with Crippen molar-refractivity contribution < 1.29 is 18.7 Å². The zero-order chi connectivity index (χ0) is 23.5. The molecule has 4 aromatic carbocycles. The van der Waals surface area contributed by atoms with Crippen molar-refractivity contribution in [3.63, 3.8) is 0 Å². The number of carbonyl (C=O) groups excluding carboxylic acids is 2. The number of hydrogen-bond donors (Lipinski definition) is 0. The topological polar surface area (TPSA) is 46.6 Å². The summed E-state index contributed by atoms with van der Waals surface area (Å²) >= 11 is 0.939. The maximum absolute atomic E-state index is 13.1. The summed E-state index contributed by atoms with van der Waals surface area (Å²) in [6, 6.07) is 27.3. The molecule has 1 heterocycles. The maximum atomic E-state index is 13.1. The van der Waals surface area contributed by atoms with Gasteiger partial charge in [-0.15, -0.1) is 0 Å². The zero-order valence-corrected chi connectivity index (χ0v) is 18.9. The van der Waals surface area contributed by atoms with E-state index in [0.717, 1.165) is 39.2 Å². The molecular formula is C28H20FNO3S. The number of halogens is 1. The number of hydrogen-bond acceptors (Lipinski definition) is 4. The minimum absolute atomic E-state index is 0.230. The minimum atomic E-state index is -0.305. The Hall–Kier alpha value is -3.90. The Labute approximate surface area is 200 Å². The van der Waals surface area contributed by atoms with Crippen LogP contribution in [0.5, 0.6) is 5.75 Å². The molecule has 0 saturated carbocycles. The molecule has 1 fully saturated rings. The molecule has 1 aliphatic heterocycles. The number of fused-ring (bicyclic) bond motifs is 1. The van der Waals surface area contributed by atoms with Crippen LogP contribution in [0, 0.1) is 5.82 Å². The summed E-state index contributed by atoms with van der Waals surface area (Å²) < 4.78 is 18.9. The van der Waals surface area contributed by atoms with Gasteiger partial charge in [-0.05, 0) is 75.6 Å². The number of thioether (sulfide) groups is 1. The summed E-state index contributed by atoms with van der Waals surface area (Å²) in [5.41, 5.74) is 2.51. The Balaban J connectivity index is 1.29. The molecule has 4 nitrogen and oxygen atoms in total. The molecule has 0 spiro atoms. The maximum Gasteiger partial charge on any atom is 0.293 e. The first-order valence-corrected chi connectivity index (χ1v) is 11.6. The molecule has 0 radical (unpaired) electrons. The van der Waals surface area contributed by atoms with Gasteiger partial charge in [0.1, 0.15) is 18.2 Å². The molecule has 6 heteroatoms.